The van der Waals surface area contributed by atoms with Crippen molar-refractivity contribution in [1.82, 2.24) is 5.32 Å². The number of amides is 4. The van der Waals surface area contributed by atoms with Gasteiger partial charge in [0, 0.05) is 5.39 Å². The molecule has 1 fully saturated rings. The van der Waals surface area contributed by atoms with Crippen LogP contribution in [0.5, 0.6) is 5.75 Å². The van der Waals surface area contributed by atoms with E-state index in [1.165, 1.54) is 18.2 Å². The van der Waals surface area contributed by atoms with E-state index in [0.29, 0.717) is 11.3 Å². The molecule has 6 heteroatoms. The predicted octanol–water partition coefficient (Wildman–Crippen LogP) is 3.21. The number of imide groups is 2. The number of hydrogen-bond donors (Lipinski definition) is 2. The predicted molar refractivity (Wildman–Crippen MR) is 101 cm³/mol. The minimum absolute atomic E-state index is 0.0733. The number of barbiturate groups is 1. The Morgan fingerprint density at radius 1 is 0.852 bits per heavy atom. The number of phenolic OH excluding ortho intramolecular Hbond substituents is 1. The summed E-state index contributed by atoms with van der Waals surface area (Å²) in [5, 5.41) is 13.2. The number of fused-ring (bicyclic) bond motifs is 1. The lowest BCUT2D eigenvalue weighted by atomic mass is 10.0. The van der Waals surface area contributed by atoms with Crippen molar-refractivity contribution in [2.24, 2.45) is 0 Å². The molecule has 0 aromatic heterocycles. The van der Waals surface area contributed by atoms with E-state index in [1.54, 1.807) is 24.3 Å². The molecule has 6 nitrogen and oxygen atoms in total. The Bertz CT molecular complexity index is 1110. The van der Waals surface area contributed by atoms with E-state index in [0.717, 1.165) is 15.7 Å². The summed E-state index contributed by atoms with van der Waals surface area (Å²) in [5.74, 6) is -1.38. The second-order valence-corrected chi connectivity index (χ2v) is 6.05. The van der Waals surface area contributed by atoms with E-state index in [4.69, 9.17) is 0 Å². The van der Waals surface area contributed by atoms with Crippen LogP contribution in [0.2, 0.25) is 0 Å². The normalized spacial score (nSPS) is 16.1. The molecule has 1 aliphatic heterocycles. The molecule has 0 bridgehead atoms. The van der Waals surface area contributed by atoms with Crippen LogP contribution >= 0.6 is 0 Å². The van der Waals surface area contributed by atoms with Crippen LogP contribution in [-0.2, 0) is 9.59 Å². The van der Waals surface area contributed by atoms with Crippen LogP contribution in [0.1, 0.15) is 5.56 Å². The molecular weight excluding hydrogens is 344 g/mol. The van der Waals surface area contributed by atoms with Gasteiger partial charge in [0.15, 0.2) is 0 Å². The van der Waals surface area contributed by atoms with Crippen molar-refractivity contribution in [1.29, 1.82) is 0 Å². The molecular formula is C21H14N2O4. The Kier molecular flexibility index (Phi) is 3.93. The van der Waals surface area contributed by atoms with Crippen LogP contribution in [0.25, 0.3) is 16.8 Å². The first-order chi connectivity index (χ1) is 13.0. The monoisotopic (exact) mass is 358 g/mol. The largest absolute Gasteiger partial charge is 0.508 e. The molecule has 0 radical (unpaired) electrons. The van der Waals surface area contributed by atoms with Crippen LogP contribution in [-0.4, -0.2) is 23.0 Å². The van der Waals surface area contributed by atoms with Gasteiger partial charge in [0.05, 0.1) is 5.69 Å². The maximum Gasteiger partial charge on any atom is 0.335 e. The summed E-state index contributed by atoms with van der Waals surface area (Å²) < 4.78 is 0. The summed E-state index contributed by atoms with van der Waals surface area (Å²) in [4.78, 5) is 38.6. The van der Waals surface area contributed by atoms with E-state index in [2.05, 4.69) is 5.32 Å². The highest BCUT2D eigenvalue weighted by Crippen LogP contribution is 2.29. The number of carbonyl (C=O) groups excluding carboxylic acids is 3. The summed E-state index contributed by atoms with van der Waals surface area (Å²) >= 11 is 0. The van der Waals surface area contributed by atoms with Crippen LogP contribution in [0.3, 0.4) is 0 Å². The molecule has 4 amide bonds. The topological polar surface area (TPSA) is 86.7 Å². The zero-order valence-corrected chi connectivity index (χ0v) is 14.0. The maximum absolute atomic E-state index is 13.0. The zero-order chi connectivity index (χ0) is 19.0. The van der Waals surface area contributed by atoms with Crippen molar-refractivity contribution in [3.63, 3.8) is 0 Å². The van der Waals surface area contributed by atoms with E-state index in [9.17, 15) is 19.5 Å². The fourth-order valence-corrected chi connectivity index (χ4v) is 3.02. The summed E-state index contributed by atoms with van der Waals surface area (Å²) in [7, 11) is 0. The van der Waals surface area contributed by atoms with Gasteiger partial charge in [-0.2, -0.15) is 0 Å². The van der Waals surface area contributed by atoms with Gasteiger partial charge in [-0.1, -0.05) is 48.5 Å². The number of anilines is 1. The molecule has 0 unspecified atom stereocenters. The molecule has 27 heavy (non-hydrogen) atoms. The minimum Gasteiger partial charge on any atom is -0.508 e. The fraction of sp³-hybridized carbons (Fsp3) is 0. The maximum atomic E-state index is 13.0. The van der Waals surface area contributed by atoms with Gasteiger partial charge < -0.3 is 5.11 Å². The summed E-state index contributed by atoms with van der Waals surface area (Å²) in [6.07, 6.45) is 1.39. The number of carbonyl (C=O) groups is 3. The standard InChI is InChI=1S/C21H14N2O4/c24-15-10-8-13(9-11-15)12-17-19(25)22-21(27)23(20(17)26)18-7-3-5-14-4-1-2-6-16(14)18/h1-12,24H,(H,22,25,27)/b17-12-. The average molecular weight is 358 g/mol. The van der Waals surface area contributed by atoms with Crippen molar-refractivity contribution in [3.05, 3.63) is 77.9 Å². The second-order valence-electron chi connectivity index (χ2n) is 6.05. The summed E-state index contributed by atoms with van der Waals surface area (Å²) in [5.41, 5.74) is 0.798. The highest BCUT2D eigenvalue weighted by atomic mass is 16.3. The molecule has 1 aliphatic rings. The number of aromatic hydroxyl groups is 1. The number of rotatable bonds is 2. The number of benzene rings is 3. The lowest BCUT2D eigenvalue weighted by Crippen LogP contribution is -2.54. The van der Waals surface area contributed by atoms with E-state index < -0.39 is 17.8 Å². The van der Waals surface area contributed by atoms with E-state index >= 15 is 0 Å². The van der Waals surface area contributed by atoms with Gasteiger partial charge in [-0.25, -0.2) is 9.69 Å². The third-order valence-corrected chi connectivity index (χ3v) is 4.31. The second kappa shape index (κ2) is 6.42. The molecule has 132 valence electrons. The van der Waals surface area contributed by atoms with Gasteiger partial charge in [0.1, 0.15) is 11.3 Å². The van der Waals surface area contributed by atoms with Gasteiger partial charge in [-0.05, 0) is 35.2 Å². The quantitative estimate of drug-likeness (QED) is 0.544. The van der Waals surface area contributed by atoms with Crippen molar-refractivity contribution in [3.8, 4) is 5.75 Å². The third-order valence-electron chi connectivity index (χ3n) is 4.31. The molecule has 1 saturated heterocycles. The fourth-order valence-electron chi connectivity index (χ4n) is 3.02. The molecule has 3 aromatic rings. The van der Waals surface area contributed by atoms with Crippen LogP contribution in [0.15, 0.2) is 72.3 Å². The Morgan fingerprint density at radius 2 is 1.56 bits per heavy atom. The summed E-state index contributed by atoms with van der Waals surface area (Å²) in [6, 6.07) is 17.9. The minimum atomic E-state index is -0.788. The third kappa shape index (κ3) is 2.93. The number of urea groups is 1. The molecule has 0 saturated carbocycles. The first-order valence-corrected chi connectivity index (χ1v) is 8.23. The lowest BCUT2D eigenvalue weighted by Gasteiger charge is -2.27. The Hall–Kier alpha value is -3.93. The zero-order valence-electron chi connectivity index (χ0n) is 14.0. The number of hydrogen-bond acceptors (Lipinski definition) is 4. The van der Waals surface area contributed by atoms with Crippen LogP contribution in [0.4, 0.5) is 10.5 Å². The lowest BCUT2D eigenvalue weighted by molar-refractivity contribution is -0.122. The van der Waals surface area contributed by atoms with Crippen LogP contribution < -0.4 is 10.2 Å². The number of nitrogens with one attached hydrogen (secondary N) is 1. The highest BCUT2D eigenvalue weighted by molar-refractivity contribution is 6.40. The van der Waals surface area contributed by atoms with E-state index in [-0.39, 0.29) is 11.3 Å². The van der Waals surface area contributed by atoms with Gasteiger partial charge in [-0.15, -0.1) is 0 Å². The molecule has 2 N–H and O–H groups in total. The van der Waals surface area contributed by atoms with Crippen LogP contribution in [0, 0.1) is 0 Å². The Labute approximate surface area is 154 Å². The van der Waals surface area contributed by atoms with Gasteiger partial charge in [0.25, 0.3) is 11.8 Å². The Morgan fingerprint density at radius 3 is 2.33 bits per heavy atom. The molecule has 1 heterocycles. The molecule has 0 aliphatic carbocycles. The first kappa shape index (κ1) is 16.5. The van der Waals surface area contributed by atoms with Gasteiger partial charge >= 0.3 is 6.03 Å². The number of phenols is 1. The van der Waals surface area contributed by atoms with Crippen molar-refractivity contribution < 1.29 is 19.5 Å². The molecule has 3 aromatic carbocycles. The smallest absolute Gasteiger partial charge is 0.335 e. The van der Waals surface area contributed by atoms with Gasteiger partial charge in [0.2, 0.25) is 0 Å². The first-order valence-electron chi connectivity index (χ1n) is 8.23. The highest BCUT2D eigenvalue weighted by Gasteiger charge is 2.37. The molecule has 0 spiro atoms. The van der Waals surface area contributed by atoms with Crippen molar-refractivity contribution >= 4 is 40.4 Å². The summed E-state index contributed by atoms with van der Waals surface area (Å²) in [6.45, 7) is 0. The average Bonchev–Trinajstić information content (AvgIpc) is 2.66. The molecule has 4 rings (SSSR count). The van der Waals surface area contributed by atoms with Crippen molar-refractivity contribution in [2.45, 2.75) is 0 Å². The number of nitrogens with zero attached hydrogens (tertiary/aromatic N) is 1. The van der Waals surface area contributed by atoms with Gasteiger partial charge in [-0.3, -0.25) is 14.9 Å². The van der Waals surface area contributed by atoms with E-state index in [1.807, 2.05) is 30.3 Å². The Balaban J connectivity index is 1.81. The SMILES string of the molecule is O=C1NC(=O)N(c2cccc3ccccc23)C(=O)/C1=C\c1ccc(O)cc1. The van der Waals surface area contributed by atoms with Crippen molar-refractivity contribution in [2.75, 3.05) is 4.90 Å². The molecule has 0 atom stereocenters.